The quantitative estimate of drug-likeness (QED) is 0.555. The Morgan fingerprint density at radius 3 is 2.67 bits per heavy atom. The summed E-state index contributed by atoms with van der Waals surface area (Å²) in [6.45, 7) is 4.17. The fourth-order valence-corrected chi connectivity index (χ4v) is 5.09. The first kappa shape index (κ1) is 18.9. The second-order valence-corrected chi connectivity index (χ2v) is 10.0. The molecule has 0 aliphatic heterocycles. The molecule has 24 heavy (non-hydrogen) atoms. The molecule has 1 N–H and O–H groups in total. The molecule has 1 aromatic carbocycles. The Hall–Kier alpha value is -1.45. The maximum Gasteiger partial charge on any atom is 0.241 e. The smallest absolute Gasteiger partial charge is 0.241 e. The van der Waals surface area contributed by atoms with E-state index < -0.39 is 21.5 Å². The van der Waals surface area contributed by atoms with Crippen LogP contribution in [0.25, 0.3) is 0 Å². The molecule has 1 heterocycles. The highest BCUT2D eigenvalue weighted by atomic mass is 32.2. The predicted octanol–water partition coefficient (Wildman–Crippen LogP) is 2.98. The molecule has 0 bridgehead atoms. The lowest BCUT2D eigenvalue weighted by Gasteiger charge is -2.04. The van der Waals surface area contributed by atoms with Crippen molar-refractivity contribution in [1.82, 2.24) is 10.2 Å². The van der Waals surface area contributed by atoms with Crippen LogP contribution in [0.3, 0.4) is 0 Å². The van der Waals surface area contributed by atoms with E-state index in [1.54, 1.807) is 36.0 Å². The van der Waals surface area contributed by atoms with Crippen molar-refractivity contribution in [3.05, 3.63) is 35.9 Å². The zero-order chi connectivity index (χ0) is 17.6. The van der Waals surface area contributed by atoms with Crippen LogP contribution in [0, 0.1) is 0 Å². The van der Waals surface area contributed by atoms with Gasteiger partial charge in [0, 0.05) is 5.25 Å². The molecule has 1 atom stereocenters. The van der Waals surface area contributed by atoms with Gasteiger partial charge in [0.1, 0.15) is 5.75 Å². The Bertz CT molecular complexity index is 776. The Balaban J connectivity index is 1.90. The number of nitrogens with one attached hydrogen (secondary N) is 1. The third-order valence-corrected chi connectivity index (χ3v) is 6.78. The average molecular weight is 386 g/mol. The summed E-state index contributed by atoms with van der Waals surface area (Å²) in [4.78, 5) is 11.9. The van der Waals surface area contributed by atoms with Crippen LogP contribution in [0.2, 0.25) is 0 Å². The standard InChI is InChI=1S/C15H19N3O3S3/c1-3-11(2)22-15-18-17-14(23-15)16-13(19)10-24(20,21)9-12-7-5-4-6-8-12/h4-8,11H,3,9-10H2,1-2H3,(H,16,17,19)/t11-/m1/s1. The zero-order valence-electron chi connectivity index (χ0n) is 13.4. The molecule has 0 unspecified atom stereocenters. The number of anilines is 1. The second kappa shape index (κ2) is 8.59. The van der Waals surface area contributed by atoms with Crippen LogP contribution < -0.4 is 5.32 Å². The first-order chi connectivity index (χ1) is 11.4. The van der Waals surface area contributed by atoms with E-state index in [2.05, 4.69) is 29.4 Å². The maximum atomic E-state index is 12.1. The highest BCUT2D eigenvalue weighted by Crippen LogP contribution is 2.29. The Morgan fingerprint density at radius 1 is 1.29 bits per heavy atom. The van der Waals surface area contributed by atoms with Crippen molar-refractivity contribution in [1.29, 1.82) is 0 Å². The van der Waals surface area contributed by atoms with Crippen LogP contribution >= 0.6 is 23.1 Å². The summed E-state index contributed by atoms with van der Waals surface area (Å²) < 4.78 is 24.9. The number of rotatable bonds is 8. The van der Waals surface area contributed by atoms with Gasteiger partial charge in [0.05, 0.1) is 5.75 Å². The first-order valence-corrected chi connectivity index (χ1v) is 10.9. The van der Waals surface area contributed by atoms with Gasteiger partial charge >= 0.3 is 0 Å². The number of thioether (sulfide) groups is 1. The summed E-state index contributed by atoms with van der Waals surface area (Å²) in [7, 11) is -3.53. The Kier molecular flexibility index (Phi) is 6.76. The third-order valence-electron chi connectivity index (χ3n) is 3.11. The molecule has 6 nitrogen and oxygen atoms in total. The summed E-state index contributed by atoms with van der Waals surface area (Å²) in [5.41, 5.74) is 0.661. The van der Waals surface area contributed by atoms with Gasteiger partial charge in [0.25, 0.3) is 0 Å². The van der Waals surface area contributed by atoms with Crippen molar-refractivity contribution in [3.63, 3.8) is 0 Å². The van der Waals surface area contributed by atoms with E-state index in [1.807, 2.05) is 6.07 Å². The van der Waals surface area contributed by atoms with Gasteiger partial charge in [-0.05, 0) is 12.0 Å². The van der Waals surface area contributed by atoms with E-state index in [9.17, 15) is 13.2 Å². The van der Waals surface area contributed by atoms with E-state index in [-0.39, 0.29) is 5.75 Å². The molecule has 0 spiro atoms. The van der Waals surface area contributed by atoms with Crippen molar-refractivity contribution in [2.45, 2.75) is 35.6 Å². The highest BCUT2D eigenvalue weighted by molar-refractivity contribution is 8.01. The predicted molar refractivity (Wildman–Crippen MR) is 98.1 cm³/mol. The lowest BCUT2D eigenvalue weighted by atomic mass is 10.2. The number of hydrogen-bond donors (Lipinski definition) is 1. The molecular weight excluding hydrogens is 366 g/mol. The van der Waals surface area contributed by atoms with Gasteiger partial charge in [-0.2, -0.15) is 0 Å². The van der Waals surface area contributed by atoms with Gasteiger partial charge < -0.3 is 0 Å². The Labute approximate surface area is 150 Å². The SMILES string of the molecule is CC[C@@H](C)Sc1nnc(NC(=O)CS(=O)(=O)Cc2ccccc2)s1. The average Bonchev–Trinajstić information content (AvgIpc) is 2.93. The molecule has 0 aliphatic rings. The number of carbonyl (C=O) groups excluding carboxylic acids is 1. The number of aromatic nitrogens is 2. The molecule has 130 valence electrons. The molecule has 0 radical (unpaired) electrons. The van der Waals surface area contributed by atoms with Gasteiger partial charge in [-0.1, -0.05) is 67.3 Å². The fourth-order valence-electron chi connectivity index (χ4n) is 1.80. The molecule has 2 rings (SSSR count). The molecular formula is C15H19N3O3S3. The van der Waals surface area contributed by atoms with Crippen molar-refractivity contribution in [2.24, 2.45) is 0 Å². The zero-order valence-corrected chi connectivity index (χ0v) is 15.9. The van der Waals surface area contributed by atoms with Crippen LogP contribution in [0.5, 0.6) is 0 Å². The van der Waals surface area contributed by atoms with Crippen molar-refractivity contribution in [3.8, 4) is 0 Å². The summed E-state index contributed by atoms with van der Waals surface area (Å²) in [6, 6.07) is 8.79. The summed E-state index contributed by atoms with van der Waals surface area (Å²) >= 11 is 2.83. The maximum absolute atomic E-state index is 12.1. The Morgan fingerprint density at radius 2 is 2.00 bits per heavy atom. The van der Waals surface area contributed by atoms with E-state index >= 15 is 0 Å². The van der Waals surface area contributed by atoms with E-state index in [4.69, 9.17) is 0 Å². The minimum absolute atomic E-state index is 0.160. The normalized spacial score (nSPS) is 12.8. The van der Waals surface area contributed by atoms with Gasteiger partial charge in [-0.25, -0.2) is 8.42 Å². The highest BCUT2D eigenvalue weighted by Gasteiger charge is 2.19. The third kappa shape index (κ3) is 6.21. The molecule has 0 saturated carbocycles. The molecule has 2 aromatic rings. The van der Waals surface area contributed by atoms with Gasteiger partial charge in [0.15, 0.2) is 14.2 Å². The minimum atomic E-state index is -3.53. The number of hydrogen-bond acceptors (Lipinski definition) is 7. The number of amides is 1. The number of benzene rings is 1. The summed E-state index contributed by atoms with van der Waals surface area (Å²) in [5, 5.41) is 11.1. The van der Waals surface area contributed by atoms with Crippen molar-refractivity contribution >= 4 is 44.0 Å². The van der Waals surface area contributed by atoms with Gasteiger partial charge in [-0.3, -0.25) is 10.1 Å². The number of carbonyl (C=O) groups is 1. The summed E-state index contributed by atoms with van der Waals surface area (Å²) in [5.74, 6) is -1.33. The second-order valence-electron chi connectivity index (χ2n) is 5.28. The van der Waals surface area contributed by atoms with Gasteiger partial charge in [-0.15, -0.1) is 10.2 Å². The van der Waals surface area contributed by atoms with E-state index in [0.29, 0.717) is 15.9 Å². The van der Waals surface area contributed by atoms with Crippen LogP contribution in [-0.4, -0.2) is 35.5 Å². The molecule has 1 aromatic heterocycles. The summed E-state index contributed by atoms with van der Waals surface area (Å²) in [6.07, 6.45) is 1.00. The van der Waals surface area contributed by atoms with Crippen LogP contribution in [0.1, 0.15) is 25.8 Å². The molecule has 0 fully saturated rings. The number of sulfone groups is 1. The minimum Gasteiger partial charge on any atom is -0.300 e. The lowest BCUT2D eigenvalue weighted by Crippen LogP contribution is -2.23. The van der Waals surface area contributed by atoms with Crippen LogP contribution in [0.15, 0.2) is 34.7 Å². The molecule has 0 saturated heterocycles. The van der Waals surface area contributed by atoms with E-state index in [0.717, 1.165) is 10.8 Å². The largest absolute Gasteiger partial charge is 0.300 e. The molecule has 1 amide bonds. The lowest BCUT2D eigenvalue weighted by molar-refractivity contribution is -0.113. The molecule has 0 aliphatic carbocycles. The van der Waals surface area contributed by atoms with E-state index in [1.165, 1.54) is 11.3 Å². The van der Waals surface area contributed by atoms with Crippen LogP contribution in [-0.2, 0) is 20.4 Å². The van der Waals surface area contributed by atoms with Crippen molar-refractivity contribution in [2.75, 3.05) is 11.1 Å². The monoisotopic (exact) mass is 385 g/mol. The fraction of sp³-hybridized carbons (Fsp3) is 0.400. The topological polar surface area (TPSA) is 89.0 Å². The van der Waals surface area contributed by atoms with Gasteiger partial charge in [0.2, 0.25) is 11.0 Å². The molecule has 9 heteroatoms. The number of nitrogens with zero attached hydrogens (tertiary/aromatic N) is 2. The first-order valence-electron chi connectivity index (χ1n) is 7.42. The van der Waals surface area contributed by atoms with Crippen molar-refractivity contribution < 1.29 is 13.2 Å². The van der Waals surface area contributed by atoms with Crippen LogP contribution in [0.4, 0.5) is 5.13 Å².